The Bertz CT molecular complexity index is 914. The highest BCUT2D eigenvalue weighted by molar-refractivity contribution is 5.84. The van der Waals surface area contributed by atoms with Crippen LogP contribution in [0.4, 0.5) is 4.39 Å². The van der Waals surface area contributed by atoms with Gasteiger partial charge >= 0.3 is 0 Å². The quantitative estimate of drug-likeness (QED) is 0.734. The number of rotatable bonds is 4. The summed E-state index contributed by atoms with van der Waals surface area (Å²) in [6.07, 6.45) is 3.79. The van der Waals surface area contributed by atoms with Gasteiger partial charge in [-0.15, -0.1) is 0 Å². The Morgan fingerprint density at radius 3 is 2.72 bits per heavy atom. The van der Waals surface area contributed by atoms with Crippen molar-refractivity contribution in [2.75, 3.05) is 20.2 Å². The number of hydrogen-bond donors (Lipinski definition) is 0. The molecule has 0 N–H and O–H groups in total. The van der Waals surface area contributed by atoms with Crippen molar-refractivity contribution in [3.05, 3.63) is 54.6 Å². The Morgan fingerprint density at radius 1 is 1.24 bits per heavy atom. The van der Waals surface area contributed by atoms with Crippen LogP contribution in [0.5, 0.6) is 0 Å². The number of fused-ring (bicyclic) bond motifs is 1. The summed E-state index contributed by atoms with van der Waals surface area (Å²) in [6.45, 7) is 1.57. The highest BCUT2D eigenvalue weighted by Crippen LogP contribution is 2.24. The Balaban J connectivity index is 1.58. The number of amides is 1. The molecule has 3 aromatic rings. The first-order chi connectivity index (χ1) is 12.1. The maximum atomic E-state index is 13.1. The lowest BCUT2D eigenvalue weighted by atomic mass is 10.1. The predicted octanol–water partition coefficient (Wildman–Crippen LogP) is 2.70. The number of halogens is 1. The minimum atomic E-state index is -0.268. The first-order valence-corrected chi connectivity index (χ1v) is 8.15. The monoisotopic (exact) mass is 339 g/mol. The van der Waals surface area contributed by atoms with Gasteiger partial charge in [-0.1, -0.05) is 12.1 Å². The average Bonchev–Trinajstić information content (AvgIpc) is 2.97. The van der Waals surface area contributed by atoms with Crippen LogP contribution in [0.25, 0.3) is 22.2 Å². The topological polar surface area (TPSA) is 47.4 Å². The second-order valence-electron chi connectivity index (χ2n) is 6.24. The van der Waals surface area contributed by atoms with Crippen molar-refractivity contribution in [2.45, 2.75) is 12.6 Å². The lowest BCUT2D eigenvalue weighted by Gasteiger charge is -2.38. The van der Waals surface area contributed by atoms with Gasteiger partial charge in [0.2, 0.25) is 5.91 Å². The molecule has 5 nitrogen and oxygen atoms in total. The molecule has 25 heavy (non-hydrogen) atoms. The van der Waals surface area contributed by atoms with Crippen LogP contribution in [0.1, 0.15) is 0 Å². The molecule has 2 aromatic heterocycles. The zero-order valence-electron chi connectivity index (χ0n) is 13.9. The van der Waals surface area contributed by atoms with E-state index in [1.165, 1.54) is 12.1 Å². The number of ether oxygens (including phenoxy) is 1. The first-order valence-electron chi connectivity index (χ1n) is 8.15. The number of hydrogen-bond acceptors (Lipinski definition) is 3. The molecule has 1 aromatic carbocycles. The van der Waals surface area contributed by atoms with E-state index in [1.54, 1.807) is 30.3 Å². The normalized spacial score (nSPS) is 14.7. The molecule has 1 fully saturated rings. The summed E-state index contributed by atoms with van der Waals surface area (Å²) in [5.74, 6) is -0.200. The fraction of sp³-hybridized carbons (Fsp3) is 0.263. The molecule has 0 saturated carbocycles. The van der Waals surface area contributed by atoms with Crippen LogP contribution in [0.15, 0.2) is 48.8 Å². The van der Waals surface area contributed by atoms with Crippen LogP contribution < -0.4 is 0 Å². The number of nitrogens with zero attached hydrogens (tertiary/aromatic N) is 3. The Labute approximate surface area is 144 Å². The minimum absolute atomic E-state index is 0.0676. The number of methoxy groups -OCH3 is 1. The molecular formula is C19H18FN3O2. The van der Waals surface area contributed by atoms with E-state index in [2.05, 4.69) is 4.98 Å². The van der Waals surface area contributed by atoms with Crippen molar-refractivity contribution in [3.8, 4) is 11.1 Å². The molecule has 4 rings (SSSR count). The Hall–Kier alpha value is -2.73. The van der Waals surface area contributed by atoms with Gasteiger partial charge in [0.15, 0.2) is 0 Å². The third-order valence-corrected chi connectivity index (χ3v) is 4.64. The van der Waals surface area contributed by atoms with E-state index in [-0.39, 0.29) is 24.4 Å². The zero-order valence-corrected chi connectivity index (χ0v) is 13.9. The molecule has 0 atom stereocenters. The number of aromatic nitrogens is 2. The van der Waals surface area contributed by atoms with Crippen LogP contribution >= 0.6 is 0 Å². The van der Waals surface area contributed by atoms with Gasteiger partial charge in [-0.05, 0) is 29.8 Å². The van der Waals surface area contributed by atoms with Crippen LogP contribution in [0, 0.1) is 5.82 Å². The van der Waals surface area contributed by atoms with Crippen molar-refractivity contribution in [3.63, 3.8) is 0 Å². The third kappa shape index (κ3) is 3.00. The summed E-state index contributed by atoms with van der Waals surface area (Å²) in [7, 11) is 1.66. The Morgan fingerprint density at radius 2 is 2.00 bits per heavy atom. The molecule has 0 spiro atoms. The van der Waals surface area contributed by atoms with Crippen LogP contribution in [-0.2, 0) is 16.1 Å². The third-order valence-electron chi connectivity index (χ3n) is 4.64. The Kier molecular flexibility index (Phi) is 3.97. The van der Waals surface area contributed by atoms with Crippen molar-refractivity contribution < 1.29 is 13.9 Å². The van der Waals surface area contributed by atoms with Gasteiger partial charge in [-0.3, -0.25) is 9.78 Å². The minimum Gasteiger partial charge on any atom is -0.378 e. The standard InChI is InChI=1S/C19H18FN3O2/c1-25-16-10-23(11-16)19(24)12-22-7-6-17-18(22)8-14(9-21-17)13-2-4-15(20)5-3-13/h2-9,16H,10-12H2,1H3. The molecule has 1 aliphatic rings. The molecule has 3 heterocycles. The van der Waals surface area contributed by atoms with E-state index in [9.17, 15) is 9.18 Å². The molecular weight excluding hydrogens is 321 g/mol. The van der Waals surface area contributed by atoms with Crippen molar-refractivity contribution >= 4 is 16.9 Å². The predicted molar refractivity (Wildman–Crippen MR) is 92.5 cm³/mol. The largest absolute Gasteiger partial charge is 0.378 e. The van der Waals surface area contributed by atoms with Crippen molar-refractivity contribution in [1.29, 1.82) is 0 Å². The van der Waals surface area contributed by atoms with Gasteiger partial charge in [0.1, 0.15) is 12.4 Å². The van der Waals surface area contributed by atoms with Gasteiger partial charge in [-0.2, -0.15) is 0 Å². The van der Waals surface area contributed by atoms with Crippen LogP contribution in [-0.4, -0.2) is 46.7 Å². The van der Waals surface area contributed by atoms with E-state index in [4.69, 9.17) is 4.74 Å². The second kappa shape index (κ2) is 6.29. The number of benzene rings is 1. The molecule has 1 amide bonds. The van der Waals surface area contributed by atoms with E-state index in [1.807, 2.05) is 22.9 Å². The SMILES string of the molecule is COC1CN(C(=O)Cn2ccc3ncc(-c4ccc(F)cc4)cc32)C1. The maximum absolute atomic E-state index is 13.1. The number of carbonyl (C=O) groups excluding carboxylic acids is 1. The molecule has 1 aliphatic heterocycles. The number of carbonyl (C=O) groups is 1. The molecule has 6 heteroatoms. The summed E-state index contributed by atoms with van der Waals surface area (Å²) < 4.78 is 20.2. The summed E-state index contributed by atoms with van der Waals surface area (Å²) in [5, 5.41) is 0. The lowest BCUT2D eigenvalue weighted by Crippen LogP contribution is -2.55. The number of pyridine rings is 1. The smallest absolute Gasteiger partial charge is 0.242 e. The second-order valence-corrected chi connectivity index (χ2v) is 6.24. The highest BCUT2D eigenvalue weighted by atomic mass is 19.1. The average molecular weight is 339 g/mol. The molecule has 0 unspecified atom stereocenters. The van der Waals surface area contributed by atoms with E-state index in [0.29, 0.717) is 13.1 Å². The lowest BCUT2D eigenvalue weighted by molar-refractivity contribution is -0.143. The summed E-state index contributed by atoms with van der Waals surface area (Å²) in [4.78, 5) is 18.6. The van der Waals surface area contributed by atoms with Gasteiger partial charge in [-0.25, -0.2) is 4.39 Å². The first kappa shape index (κ1) is 15.8. The highest BCUT2D eigenvalue weighted by Gasteiger charge is 2.30. The fourth-order valence-electron chi connectivity index (χ4n) is 3.04. The molecule has 0 bridgehead atoms. The fourth-order valence-corrected chi connectivity index (χ4v) is 3.04. The summed E-state index contributed by atoms with van der Waals surface area (Å²) in [5.41, 5.74) is 3.50. The summed E-state index contributed by atoms with van der Waals surface area (Å²) >= 11 is 0. The number of likely N-dealkylation sites (tertiary alicyclic amines) is 1. The van der Waals surface area contributed by atoms with Gasteiger partial charge in [0.25, 0.3) is 0 Å². The molecule has 0 radical (unpaired) electrons. The van der Waals surface area contributed by atoms with E-state index in [0.717, 1.165) is 22.2 Å². The van der Waals surface area contributed by atoms with Crippen molar-refractivity contribution in [2.24, 2.45) is 0 Å². The van der Waals surface area contributed by atoms with Gasteiger partial charge < -0.3 is 14.2 Å². The van der Waals surface area contributed by atoms with Crippen LogP contribution in [0.3, 0.4) is 0 Å². The van der Waals surface area contributed by atoms with E-state index < -0.39 is 0 Å². The summed E-state index contributed by atoms with van der Waals surface area (Å²) in [6, 6.07) is 10.2. The zero-order chi connectivity index (χ0) is 17.4. The van der Waals surface area contributed by atoms with Gasteiger partial charge in [0.05, 0.1) is 17.1 Å². The molecule has 1 saturated heterocycles. The van der Waals surface area contributed by atoms with Crippen LogP contribution in [0.2, 0.25) is 0 Å². The molecule has 0 aliphatic carbocycles. The van der Waals surface area contributed by atoms with Gasteiger partial charge in [0, 0.05) is 38.2 Å². The molecule has 128 valence electrons. The van der Waals surface area contributed by atoms with E-state index >= 15 is 0 Å². The van der Waals surface area contributed by atoms with Crippen molar-refractivity contribution in [1.82, 2.24) is 14.5 Å². The maximum Gasteiger partial charge on any atom is 0.242 e.